The molecule has 6 nitrogen and oxygen atoms in total. The van der Waals surface area contributed by atoms with Gasteiger partial charge in [0.15, 0.2) is 11.5 Å². The topological polar surface area (TPSA) is 77.0 Å². The lowest BCUT2D eigenvalue weighted by Crippen LogP contribution is -2.18. The second kappa shape index (κ2) is 9.41. The van der Waals surface area contributed by atoms with E-state index in [2.05, 4.69) is 9.93 Å². The predicted molar refractivity (Wildman–Crippen MR) is 113 cm³/mol. The molecule has 8 heteroatoms. The van der Waals surface area contributed by atoms with Gasteiger partial charge in [-0.3, -0.25) is 0 Å². The average Bonchev–Trinajstić information content (AvgIpc) is 2.74. The minimum Gasteiger partial charge on any atom is -0.493 e. The summed E-state index contributed by atoms with van der Waals surface area (Å²) >= 11 is 0. The number of hydrogen-bond donors (Lipinski definition) is 1. The van der Waals surface area contributed by atoms with E-state index in [4.69, 9.17) is 9.47 Å². The monoisotopic (exact) mass is 428 g/mol. The molecule has 3 rings (SSSR count). The summed E-state index contributed by atoms with van der Waals surface area (Å²) in [6.07, 6.45) is 1.37. The molecule has 0 bridgehead atoms. The van der Waals surface area contributed by atoms with E-state index < -0.39 is 10.0 Å². The Bertz CT molecular complexity index is 1130. The van der Waals surface area contributed by atoms with Gasteiger partial charge in [-0.15, -0.1) is 0 Å². The largest absolute Gasteiger partial charge is 0.493 e. The van der Waals surface area contributed by atoms with Crippen LogP contribution in [0.2, 0.25) is 0 Å². The first-order valence-corrected chi connectivity index (χ1v) is 10.5. The van der Waals surface area contributed by atoms with Crippen molar-refractivity contribution < 1.29 is 22.3 Å². The van der Waals surface area contributed by atoms with Crippen LogP contribution in [-0.4, -0.2) is 21.7 Å². The Hall–Kier alpha value is -3.39. The zero-order valence-electron chi connectivity index (χ0n) is 16.5. The van der Waals surface area contributed by atoms with Crippen molar-refractivity contribution >= 4 is 16.2 Å². The summed E-state index contributed by atoms with van der Waals surface area (Å²) in [5.41, 5.74) is 2.40. The third-order valence-corrected chi connectivity index (χ3v) is 5.45. The summed E-state index contributed by atoms with van der Waals surface area (Å²) in [7, 11) is -2.24. The van der Waals surface area contributed by atoms with Gasteiger partial charge in [-0.1, -0.05) is 29.8 Å². The maximum Gasteiger partial charge on any atom is 0.276 e. The average molecular weight is 428 g/mol. The number of halogens is 1. The van der Waals surface area contributed by atoms with Crippen LogP contribution < -0.4 is 14.3 Å². The zero-order chi connectivity index (χ0) is 21.6. The Kier molecular flexibility index (Phi) is 6.68. The van der Waals surface area contributed by atoms with Gasteiger partial charge >= 0.3 is 0 Å². The second-order valence-corrected chi connectivity index (χ2v) is 8.15. The van der Waals surface area contributed by atoms with Crippen LogP contribution in [0.4, 0.5) is 4.39 Å². The number of benzene rings is 3. The summed E-state index contributed by atoms with van der Waals surface area (Å²) in [4.78, 5) is 2.32. The highest BCUT2D eigenvalue weighted by atomic mass is 32.2. The van der Waals surface area contributed by atoms with Crippen LogP contribution in [0.25, 0.3) is 0 Å². The van der Waals surface area contributed by atoms with Crippen LogP contribution in [0.1, 0.15) is 16.7 Å². The van der Waals surface area contributed by atoms with Crippen LogP contribution in [-0.2, 0) is 16.6 Å². The van der Waals surface area contributed by atoms with E-state index in [1.54, 1.807) is 42.5 Å². The maximum atomic E-state index is 13.0. The van der Waals surface area contributed by atoms with Crippen molar-refractivity contribution in [2.75, 3.05) is 7.11 Å². The number of sulfonamides is 1. The molecule has 0 spiro atoms. The van der Waals surface area contributed by atoms with E-state index in [1.165, 1.54) is 37.6 Å². The summed E-state index contributed by atoms with van der Waals surface area (Å²) in [5.74, 6) is 0.652. The van der Waals surface area contributed by atoms with Crippen molar-refractivity contribution in [3.8, 4) is 11.5 Å². The molecular formula is C22H21FN2O4S. The van der Waals surface area contributed by atoms with E-state index in [-0.39, 0.29) is 17.3 Å². The van der Waals surface area contributed by atoms with Crippen molar-refractivity contribution in [2.24, 2.45) is 5.10 Å². The van der Waals surface area contributed by atoms with E-state index in [9.17, 15) is 12.8 Å². The Balaban J connectivity index is 1.66. The highest BCUT2D eigenvalue weighted by Crippen LogP contribution is 2.28. The molecular weight excluding hydrogens is 407 g/mol. The Morgan fingerprint density at radius 3 is 2.37 bits per heavy atom. The summed E-state index contributed by atoms with van der Waals surface area (Å²) < 4.78 is 48.6. The van der Waals surface area contributed by atoms with E-state index >= 15 is 0 Å². The predicted octanol–water partition coefficient (Wildman–Crippen LogP) is 4.03. The van der Waals surface area contributed by atoms with E-state index in [0.29, 0.717) is 17.1 Å². The summed E-state index contributed by atoms with van der Waals surface area (Å²) in [6.45, 7) is 2.13. The van der Waals surface area contributed by atoms with Gasteiger partial charge in [0.05, 0.1) is 18.2 Å². The molecule has 0 atom stereocenters. The molecule has 156 valence electrons. The van der Waals surface area contributed by atoms with Gasteiger partial charge in [0.1, 0.15) is 12.4 Å². The molecule has 3 aromatic carbocycles. The van der Waals surface area contributed by atoms with E-state index in [1.807, 2.05) is 6.92 Å². The fourth-order valence-electron chi connectivity index (χ4n) is 2.57. The molecule has 1 N–H and O–H groups in total. The highest BCUT2D eigenvalue weighted by Gasteiger charge is 2.12. The number of ether oxygens (including phenoxy) is 2. The van der Waals surface area contributed by atoms with Crippen molar-refractivity contribution in [3.63, 3.8) is 0 Å². The molecule has 0 saturated carbocycles. The van der Waals surface area contributed by atoms with Gasteiger partial charge in [0, 0.05) is 0 Å². The number of nitrogens with one attached hydrogen (secondary N) is 1. The van der Waals surface area contributed by atoms with Crippen LogP contribution in [0.5, 0.6) is 11.5 Å². The molecule has 3 aromatic rings. The van der Waals surface area contributed by atoms with Gasteiger partial charge in [0.25, 0.3) is 10.0 Å². The Morgan fingerprint density at radius 1 is 1.00 bits per heavy atom. The third kappa shape index (κ3) is 5.57. The molecule has 0 fully saturated rings. The molecule has 0 aliphatic heterocycles. The first-order chi connectivity index (χ1) is 14.4. The third-order valence-electron chi connectivity index (χ3n) is 4.21. The van der Waals surface area contributed by atoms with E-state index in [0.717, 1.165) is 11.1 Å². The van der Waals surface area contributed by atoms with Crippen molar-refractivity contribution in [1.29, 1.82) is 0 Å². The molecule has 0 aliphatic carbocycles. The van der Waals surface area contributed by atoms with Crippen molar-refractivity contribution in [2.45, 2.75) is 18.4 Å². The van der Waals surface area contributed by atoms with Crippen molar-refractivity contribution in [3.05, 3.63) is 89.2 Å². The standard InChI is InChI=1S/C22H21FN2O4S/c1-16-3-10-20(11-4-16)30(26,27)25-24-14-18-7-12-21(22(13-18)28-2)29-15-17-5-8-19(23)9-6-17/h3-14,25H,15H2,1-2H3. The lowest BCUT2D eigenvalue weighted by Gasteiger charge is -2.11. The molecule has 0 unspecified atom stereocenters. The summed E-state index contributed by atoms with van der Waals surface area (Å²) in [5, 5.41) is 3.82. The first-order valence-electron chi connectivity index (χ1n) is 9.04. The number of aryl methyl sites for hydroxylation is 1. The minimum atomic E-state index is -3.74. The van der Waals surface area contributed by atoms with Crippen LogP contribution in [0.15, 0.2) is 76.7 Å². The number of hydrogen-bond acceptors (Lipinski definition) is 5. The molecule has 0 aromatic heterocycles. The zero-order valence-corrected chi connectivity index (χ0v) is 17.3. The molecule has 0 radical (unpaired) electrons. The van der Waals surface area contributed by atoms with Gasteiger partial charge in [-0.25, -0.2) is 9.22 Å². The molecule has 0 saturated heterocycles. The van der Waals surface area contributed by atoms with Crippen LogP contribution in [0.3, 0.4) is 0 Å². The molecule has 0 amide bonds. The van der Waals surface area contributed by atoms with Gasteiger partial charge in [-0.05, 0) is 60.5 Å². The van der Waals surface area contributed by atoms with Gasteiger partial charge < -0.3 is 9.47 Å². The maximum absolute atomic E-state index is 13.0. The Labute approximate surface area is 175 Å². The lowest BCUT2D eigenvalue weighted by atomic mass is 10.2. The number of hydrazone groups is 1. The number of rotatable bonds is 8. The Morgan fingerprint density at radius 2 is 1.70 bits per heavy atom. The SMILES string of the molecule is COc1cc(C=NNS(=O)(=O)c2ccc(C)cc2)ccc1OCc1ccc(F)cc1. The van der Waals surface area contributed by atoms with Gasteiger partial charge in [-0.2, -0.15) is 13.5 Å². The number of methoxy groups -OCH3 is 1. The quantitative estimate of drug-likeness (QED) is 0.434. The first kappa shape index (κ1) is 21.3. The fourth-order valence-corrected chi connectivity index (χ4v) is 3.36. The van der Waals surface area contributed by atoms with Gasteiger partial charge in [0.2, 0.25) is 0 Å². The van der Waals surface area contributed by atoms with Crippen LogP contribution in [0, 0.1) is 12.7 Å². The molecule has 0 aliphatic rings. The normalized spacial score (nSPS) is 11.4. The number of nitrogens with zero attached hydrogens (tertiary/aromatic N) is 1. The second-order valence-electron chi connectivity index (χ2n) is 6.49. The molecule has 0 heterocycles. The fraction of sp³-hybridized carbons (Fsp3) is 0.136. The minimum absolute atomic E-state index is 0.132. The smallest absolute Gasteiger partial charge is 0.276 e. The summed E-state index contributed by atoms with van der Waals surface area (Å²) in [6, 6.07) is 17.6. The van der Waals surface area contributed by atoms with Crippen LogP contribution >= 0.6 is 0 Å². The highest BCUT2D eigenvalue weighted by molar-refractivity contribution is 7.89. The molecule has 30 heavy (non-hydrogen) atoms. The lowest BCUT2D eigenvalue weighted by molar-refractivity contribution is 0.284. The van der Waals surface area contributed by atoms with Crippen molar-refractivity contribution in [1.82, 2.24) is 4.83 Å².